The summed E-state index contributed by atoms with van der Waals surface area (Å²) >= 11 is 0. The average Bonchev–Trinajstić information content (AvgIpc) is 3.11. The van der Waals surface area contributed by atoms with Crippen molar-refractivity contribution in [2.45, 2.75) is 37.8 Å². The molecule has 0 heterocycles. The number of carbonyl (C=O) groups excluding carboxylic acids is 2. The number of carbonyl (C=O) groups is 2. The van der Waals surface area contributed by atoms with Crippen LogP contribution in [0.15, 0.2) is 18.2 Å². The largest absolute Gasteiger partial charge is 0.493 e. The molecule has 0 saturated heterocycles. The maximum absolute atomic E-state index is 11.8. The Kier molecular flexibility index (Phi) is 6.43. The molecule has 0 spiro atoms. The second kappa shape index (κ2) is 8.54. The van der Waals surface area contributed by atoms with Crippen LogP contribution in [-0.4, -0.2) is 43.7 Å². The molecule has 3 N–H and O–H groups in total. The van der Waals surface area contributed by atoms with Crippen LogP contribution in [0.5, 0.6) is 11.5 Å². The van der Waals surface area contributed by atoms with Gasteiger partial charge in [0.2, 0.25) is 0 Å². The van der Waals surface area contributed by atoms with Gasteiger partial charge in [-0.05, 0) is 30.5 Å². The molecule has 1 fully saturated rings. The van der Waals surface area contributed by atoms with Gasteiger partial charge in [-0.1, -0.05) is 18.9 Å². The molecule has 1 atom stereocenters. The van der Waals surface area contributed by atoms with E-state index in [1.165, 1.54) is 14.2 Å². The minimum atomic E-state index is -0.951. The molecule has 7 nitrogen and oxygen atoms in total. The van der Waals surface area contributed by atoms with Crippen LogP contribution in [0.3, 0.4) is 0 Å². The lowest BCUT2D eigenvalue weighted by Gasteiger charge is -2.15. The summed E-state index contributed by atoms with van der Waals surface area (Å²) in [5.41, 5.74) is 0.559. The van der Waals surface area contributed by atoms with Crippen LogP contribution in [0, 0.1) is 0 Å². The molecule has 1 aromatic rings. The quantitative estimate of drug-likeness (QED) is 0.671. The summed E-state index contributed by atoms with van der Waals surface area (Å²) in [6.07, 6.45) is 3.02. The highest BCUT2D eigenvalue weighted by Crippen LogP contribution is 2.29. The first-order valence-corrected chi connectivity index (χ1v) is 8.03. The van der Waals surface area contributed by atoms with Crippen LogP contribution in [0.4, 0.5) is 0 Å². The van der Waals surface area contributed by atoms with Gasteiger partial charge in [0, 0.05) is 12.6 Å². The molecule has 1 aromatic carbocycles. The Morgan fingerprint density at radius 3 is 2.46 bits per heavy atom. The topological polar surface area (TPSA) is 96.9 Å². The van der Waals surface area contributed by atoms with Gasteiger partial charge in [-0.15, -0.1) is 0 Å². The molecular formula is C17H24N2O5. The summed E-state index contributed by atoms with van der Waals surface area (Å²) in [7, 11) is 3.03. The monoisotopic (exact) mass is 336 g/mol. The van der Waals surface area contributed by atoms with E-state index >= 15 is 0 Å². The van der Waals surface area contributed by atoms with E-state index in [1.54, 1.807) is 18.2 Å². The number of benzene rings is 1. The van der Waals surface area contributed by atoms with Gasteiger partial charge in [0.15, 0.2) is 11.5 Å². The fourth-order valence-corrected chi connectivity index (χ4v) is 2.77. The zero-order chi connectivity index (χ0) is 17.5. The summed E-state index contributed by atoms with van der Waals surface area (Å²) in [6.45, 7) is -0.0631. The lowest BCUT2D eigenvalue weighted by molar-refractivity contribution is -0.139. The SMILES string of the molecule is COc1ccc(C(O)CNC(=O)C(=O)NC2CCCC2)cc1OC. The van der Waals surface area contributed by atoms with Crippen LogP contribution in [0.2, 0.25) is 0 Å². The van der Waals surface area contributed by atoms with Crippen molar-refractivity contribution in [1.82, 2.24) is 10.6 Å². The van der Waals surface area contributed by atoms with E-state index in [4.69, 9.17) is 9.47 Å². The van der Waals surface area contributed by atoms with Gasteiger partial charge in [0.25, 0.3) is 0 Å². The van der Waals surface area contributed by atoms with Gasteiger partial charge in [-0.25, -0.2) is 0 Å². The van der Waals surface area contributed by atoms with Gasteiger partial charge in [-0.2, -0.15) is 0 Å². The van der Waals surface area contributed by atoms with E-state index in [1.807, 2.05) is 0 Å². The highest BCUT2D eigenvalue weighted by Gasteiger charge is 2.22. The third-order valence-electron chi connectivity index (χ3n) is 4.14. The van der Waals surface area contributed by atoms with Gasteiger partial charge in [0.05, 0.1) is 20.3 Å². The number of nitrogens with one attached hydrogen (secondary N) is 2. The lowest BCUT2D eigenvalue weighted by Crippen LogP contribution is -2.44. The van der Waals surface area contributed by atoms with E-state index in [9.17, 15) is 14.7 Å². The van der Waals surface area contributed by atoms with Crippen molar-refractivity contribution < 1.29 is 24.2 Å². The smallest absolute Gasteiger partial charge is 0.309 e. The minimum Gasteiger partial charge on any atom is -0.493 e. The molecule has 1 aliphatic rings. The Hall–Kier alpha value is -2.28. The van der Waals surface area contributed by atoms with Crippen molar-refractivity contribution in [3.05, 3.63) is 23.8 Å². The Morgan fingerprint density at radius 2 is 1.83 bits per heavy atom. The Morgan fingerprint density at radius 1 is 1.17 bits per heavy atom. The molecule has 2 rings (SSSR count). The molecule has 24 heavy (non-hydrogen) atoms. The highest BCUT2D eigenvalue weighted by atomic mass is 16.5. The fourth-order valence-electron chi connectivity index (χ4n) is 2.77. The zero-order valence-corrected chi connectivity index (χ0v) is 14.0. The number of ether oxygens (including phenoxy) is 2. The van der Waals surface area contributed by atoms with Crippen LogP contribution < -0.4 is 20.1 Å². The Labute approximate surface area is 141 Å². The number of methoxy groups -OCH3 is 2. The standard InChI is InChI=1S/C17H24N2O5/c1-23-14-8-7-11(9-15(14)24-2)13(20)10-18-16(21)17(22)19-12-5-3-4-6-12/h7-9,12-13,20H,3-6,10H2,1-2H3,(H,18,21)(H,19,22). The maximum atomic E-state index is 11.8. The zero-order valence-electron chi connectivity index (χ0n) is 14.0. The molecule has 1 unspecified atom stereocenters. The van der Waals surface area contributed by atoms with Gasteiger partial charge in [0.1, 0.15) is 0 Å². The summed E-state index contributed by atoms with van der Waals surface area (Å²) in [6, 6.07) is 5.07. The summed E-state index contributed by atoms with van der Waals surface area (Å²) in [4.78, 5) is 23.6. The second-order valence-corrected chi connectivity index (χ2v) is 5.80. The van der Waals surface area contributed by atoms with E-state index < -0.39 is 17.9 Å². The number of hydrogen-bond acceptors (Lipinski definition) is 5. The van der Waals surface area contributed by atoms with Crippen LogP contribution >= 0.6 is 0 Å². The molecule has 7 heteroatoms. The summed E-state index contributed by atoms with van der Waals surface area (Å²) in [5.74, 6) is -0.351. The van der Waals surface area contributed by atoms with Crippen molar-refractivity contribution in [1.29, 1.82) is 0 Å². The van der Waals surface area contributed by atoms with Gasteiger partial charge < -0.3 is 25.2 Å². The summed E-state index contributed by atoms with van der Waals surface area (Å²) < 4.78 is 10.3. The van der Waals surface area contributed by atoms with Crippen LogP contribution in [0.1, 0.15) is 37.4 Å². The van der Waals surface area contributed by atoms with Crippen molar-refractivity contribution in [2.75, 3.05) is 20.8 Å². The molecule has 132 valence electrons. The van der Waals surface area contributed by atoms with Crippen molar-refractivity contribution in [2.24, 2.45) is 0 Å². The predicted molar refractivity (Wildman–Crippen MR) is 87.9 cm³/mol. The summed E-state index contributed by atoms with van der Waals surface area (Å²) in [5, 5.41) is 15.3. The van der Waals surface area contributed by atoms with E-state index in [0.29, 0.717) is 17.1 Å². The van der Waals surface area contributed by atoms with Gasteiger partial charge in [-0.3, -0.25) is 9.59 Å². The van der Waals surface area contributed by atoms with Crippen molar-refractivity contribution in [3.8, 4) is 11.5 Å². The Bertz CT molecular complexity index is 584. The van der Waals surface area contributed by atoms with Gasteiger partial charge >= 0.3 is 11.8 Å². The minimum absolute atomic E-state index is 0.0631. The maximum Gasteiger partial charge on any atom is 0.309 e. The van der Waals surface area contributed by atoms with Crippen LogP contribution in [-0.2, 0) is 9.59 Å². The predicted octanol–water partition coefficient (Wildman–Crippen LogP) is 0.912. The molecule has 0 aromatic heterocycles. The number of amides is 2. The third-order valence-corrected chi connectivity index (χ3v) is 4.14. The molecule has 1 aliphatic carbocycles. The number of hydrogen-bond donors (Lipinski definition) is 3. The highest BCUT2D eigenvalue weighted by molar-refractivity contribution is 6.35. The number of aliphatic hydroxyl groups excluding tert-OH is 1. The van der Waals surface area contributed by atoms with Crippen LogP contribution in [0.25, 0.3) is 0 Å². The van der Waals surface area contributed by atoms with Crippen molar-refractivity contribution in [3.63, 3.8) is 0 Å². The second-order valence-electron chi connectivity index (χ2n) is 5.80. The Balaban J connectivity index is 1.86. The lowest BCUT2D eigenvalue weighted by atomic mass is 10.1. The molecule has 2 amide bonds. The third kappa shape index (κ3) is 4.61. The number of rotatable bonds is 6. The first-order chi connectivity index (χ1) is 11.5. The number of aliphatic hydroxyl groups is 1. The average molecular weight is 336 g/mol. The normalized spacial score (nSPS) is 15.6. The molecule has 0 aliphatic heterocycles. The fraction of sp³-hybridized carbons (Fsp3) is 0.529. The van der Waals surface area contributed by atoms with E-state index in [2.05, 4.69) is 10.6 Å². The molecule has 0 bridgehead atoms. The van der Waals surface area contributed by atoms with Crippen molar-refractivity contribution >= 4 is 11.8 Å². The first-order valence-electron chi connectivity index (χ1n) is 8.03. The first kappa shape index (κ1) is 18.1. The molecule has 0 radical (unpaired) electrons. The molecular weight excluding hydrogens is 312 g/mol. The van der Waals surface area contributed by atoms with E-state index in [0.717, 1.165) is 25.7 Å². The molecule has 1 saturated carbocycles. The van der Waals surface area contributed by atoms with E-state index in [-0.39, 0.29) is 12.6 Å².